The van der Waals surface area contributed by atoms with Gasteiger partial charge in [-0.15, -0.1) is 0 Å². The minimum atomic E-state index is -1.69. The summed E-state index contributed by atoms with van der Waals surface area (Å²) in [5.74, 6) is -2.67. The smallest absolute Gasteiger partial charge is 0.337 e. The fraction of sp³-hybridized carbons (Fsp3) is 0.778. The lowest BCUT2D eigenvalue weighted by Gasteiger charge is -2.41. The van der Waals surface area contributed by atoms with E-state index < -0.39 is 67.6 Å². The lowest BCUT2D eigenvalue weighted by atomic mass is 9.83. The van der Waals surface area contributed by atoms with Gasteiger partial charge in [0.2, 0.25) is 6.29 Å². The third-order valence-corrected chi connectivity index (χ3v) is 8.40. The first-order valence-electron chi connectivity index (χ1n) is 13.5. The van der Waals surface area contributed by atoms with Crippen molar-refractivity contribution in [1.82, 2.24) is 0 Å². The number of ether oxygens (including phenoxy) is 5. The van der Waals surface area contributed by atoms with E-state index in [0.29, 0.717) is 12.0 Å². The van der Waals surface area contributed by atoms with Crippen LogP contribution in [0, 0.1) is 29.6 Å². The number of methoxy groups -OCH3 is 1. The summed E-state index contributed by atoms with van der Waals surface area (Å²) in [6, 6.07) is 0. The first-order valence-corrected chi connectivity index (χ1v) is 13.5. The number of aliphatic hydroxyl groups excluding tert-OH is 6. The Hall–Kier alpha value is -2.10. The van der Waals surface area contributed by atoms with Gasteiger partial charge in [-0.25, -0.2) is 4.79 Å². The molecule has 1 saturated heterocycles. The fourth-order valence-electron chi connectivity index (χ4n) is 5.75. The van der Waals surface area contributed by atoms with Gasteiger partial charge in [-0.2, -0.15) is 0 Å². The van der Waals surface area contributed by atoms with Crippen molar-refractivity contribution in [3.8, 4) is 0 Å². The van der Waals surface area contributed by atoms with Gasteiger partial charge in [-0.3, -0.25) is 4.79 Å². The molecule has 228 valence electrons. The van der Waals surface area contributed by atoms with Crippen LogP contribution in [0.2, 0.25) is 0 Å². The Balaban J connectivity index is 1.75. The van der Waals surface area contributed by atoms with Crippen LogP contribution in [-0.2, 0) is 33.3 Å². The van der Waals surface area contributed by atoms with E-state index in [0.717, 1.165) is 6.26 Å². The molecule has 2 aliphatic heterocycles. The Morgan fingerprint density at radius 2 is 1.85 bits per heavy atom. The van der Waals surface area contributed by atoms with Crippen molar-refractivity contribution in [3.05, 3.63) is 23.5 Å². The molecule has 2 heterocycles. The minimum Gasteiger partial charge on any atom is -0.468 e. The molecule has 40 heavy (non-hydrogen) atoms. The van der Waals surface area contributed by atoms with Gasteiger partial charge >= 0.3 is 11.9 Å². The van der Waals surface area contributed by atoms with Gasteiger partial charge in [0.15, 0.2) is 6.29 Å². The van der Waals surface area contributed by atoms with E-state index in [2.05, 4.69) is 0 Å². The number of carbonyl (C=O) groups is 2. The molecule has 0 aromatic rings. The van der Waals surface area contributed by atoms with Crippen LogP contribution in [0.4, 0.5) is 0 Å². The fourth-order valence-corrected chi connectivity index (χ4v) is 5.75. The normalized spacial score (nSPS) is 39.8. The third kappa shape index (κ3) is 6.85. The highest BCUT2D eigenvalue weighted by Crippen LogP contribution is 2.42. The number of carbonyl (C=O) groups excluding carboxylic acids is 2. The molecule has 0 radical (unpaired) electrons. The number of rotatable bonds is 10. The zero-order chi connectivity index (χ0) is 29.7. The summed E-state index contributed by atoms with van der Waals surface area (Å²) in [5.41, 5.74) is 0.339. The summed E-state index contributed by atoms with van der Waals surface area (Å²) in [4.78, 5) is 25.6. The molecular formula is C27H42O13. The summed E-state index contributed by atoms with van der Waals surface area (Å²) in [5, 5.41) is 59.9. The van der Waals surface area contributed by atoms with Crippen LogP contribution < -0.4 is 0 Å². The molecule has 0 amide bonds. The molecule has 6 N–H and O–H groups in total. The summed E-state index contributed by atoms with van der Waals surface area (Å²) in [6.45, 7) is 4.72. The van der Waals surface area contributed by atoms with E-state index in [1.54, 1.807) is 13.0 Å². The van der Waals surface area contributed by atoms with Gasteiger partial charge in [0, 0.05) is 24.0 Å². The van der Waals surface area contributed by atoms with Gasteiger partial charge in [0.05, 0.1) is 44.7 Å². The Morgan fingerprint density at radius 1 is 1.15 bits per heavy atom. The van der Waals surface area contributed by atoms with Crippen LogP contribution in [0.5, 0.6) is 0 Å². The molecule has 2 fully saturated rings. The summed E-state index contributed by atoms with van der Waals surface area (Å²) < 4.78 is 27.2. The van der Waals surface area contributed by atoms with Gasteiger partial charge in [0.1, 0.15) is 24.4 Å². The zero-order valence-corrected chi connectivity index (χ0v) is 23.2. The molecule has 13 nitrogen and oxygen atoms in total. The largest absolute Gasteiger partial charge is 0.468 e. The molecular weight excluding hydrogens is 532 g/mol. The zero-order valence-electron chi connectivity index (χ0n) is 23.2. The highest BCUT2D eigenvalue weighted by atomic mass is 16.8. The van der Waals surface area contributed by atoms with Crippen molar-refractivity contribution >= 4 is 11.9 Å². The number of allylic oxidation sites excluding steroid dienone is 1. The van der Waals surface area contributed by atoms with Crippen LogP contribution in [-0.4, -0.2) is 113 Å². The average molecular weight is 575 g/mol. The van der Waals surface area contributed by atoms with Crippen LogP contribution in [0.1, 0.15) is 33.6 Å². The molecule has 13 heteroatoms. The molecule has 0 aromatic carbocycles. The number of aliphatic hydroxyl groups is 6. The molecule has 3 aliphatic rings. The van der Waals surface area contributed by atoms with Crippen molar-refractivity contribution in [2.24, 2.45) is 29.6 Å². The van der Waals surface area contributed by atoms with Crippen molar-refractivity contribution < 1.29 is 63.9 Å². The predicted molar refractivity (Wildman–Crippen MR) is 136 cm³/mol. The summed E-state index contributed by atoms with van der Waals surface area (Å²) in [6.07, 6.45) is -6.64. The second-order valence-corrected chi connectivity index (χ2v) is 10.7. The van der Waals surface area contributed by atoms with Gasteiger partial charge in [-0.05, 0) is 31.1 Å². The minimum absolute atomic E-state index is 0.0256. The molecule has 1 unspecified atom stereocenters. The molecule has 1 saturated carbocycles. The van der Waals surface area contributed by atoms with Crippen LogP contribution in [0.3, 0.4) is 0 Å². The molecule has 12 atom stereocenters. The SMILES string of the molecule is C/C=C1/[C@H](O[C@@H]2O[C@H](CO)[C@@H](O)[C@H](O)[C@H]2O)OC=C(C(=O)OC)[C@H]1CC(=O)OC[C@@H]1[C@@H](C)[C@@H](O)C[C@H]1C(C)CO. The topological polar surface area (TPSA) is 202 Å². The van der Waals surface area contributed by atoms with E-state index >= 15 is 0 Å². The molecule has 0 bridgehead atoms. The number of hydrogen-bond donors (Lipinski definition) is 6. The van der Waals surface area contributed by atoms with E-state index in [9.17, 15) is 40.2 Å². The quantitative estimate of drug-likeness (QED) is 0.137. The molecule has 3 rings (SSSR count). The van der Waals surface area contributed by atoms with E-state index in [1.165, 1.54) is 7.11 Å². The predicted octanol–water partition coefficient (Wildman–Crippen LogP) is -1.03. The van der Waals surface area contributed by atoms with E-state index in [4.69, 9.17) is 23.7 Å². The number of esters is 2. The maximum absolute atomic E-state index is 13.1. The lowest BCUT2D eigenvalue weighted by molar-refractivity contribution is -0.327. The van der Waals surface area contributed by atoms with E-state index in [1.807, 2.05) is 13.8 Å². The van der Waals surface area contributed by atoms with E-state index in [-0.39, 0.29) is 48.9 Å². The Kier molecular flexibility index (Phi) is 11.5. The van der Waals surface area contributed by atoms with Gasteiger partial charge < -0.3 is 54.3 Å². The second kappa shape index (κ2) is 14.2. The van der Waals surface area contributed by atoms with Gasteiger partial charge in [-0.1, -0.05) is 19.9 Å². The summed E-state index contributed by atoms with van der Waals surface area (Å²) in [7, 11) is 1.18. The van der Waals surface area contributed by atoms with Crippen molar-refractivity contribution in [3.63, 3.8) is 0 Å². The van der Waals surface area contributed by atoms with Crippen molar-refractivity contribution in [2.45, 2.75) is 76.7 Å². The molecule has 1 aliphatic carbocycles. The first-order chi connectivity index (χ1) is 19.0. The monoisotopic (exact) mass is 574 g/mol. The second-order valence-electron chi connectivity index (χ2n) is 10.7. The standard InChI is InChI=1S/C27H42O13/c1-5-14-16(7-21(31)37-10-17-13(3)19(30)6-15(17)12(2)8-28)18(25(35)36-4)11-38-26(14)40-27-24(34)23(33)22(32)20(9-29)39-27/h5,11-13,15-17,19-20,22-24,26-30,32-34H,6-10H2,1-4H3/b14-5+/t12?,13-,15+,16+,17-,19+,20-,22-,23+,24-,26+,27+/m1/s1. The van der Waals surface area contributed by atoms with Crippen LogP contribution in [0.25, 0.3) is 0 Å². The highest BCUT2D eigenvalue weighted by molar-refractivity contribution is 5.90. The average Bonchev–Trinajstić information content (AvgIpc) is 3.24. The van der Waals surface area contributed by atoms with Crippen molar-refractivity contribution in [1.29, 1.82) is 0 Å². The Morgan fingerprint density at radius 3 is 2.45 bits per heavy atom. The van der Waals surface area contributed by atoms with Crippen molar-refractivity contribution in [2.75, 3.05) is 26.9 Å². The van der Waals surface area contributed by atoms with Gasteiger partial charge in [0.25, 0.3) is 0 Å². The van der Waals surface area contributed by atoms with Crippen LogP contribution in [0.15, 0.2) is 23.5 Å². The summed E-state index contributed by atoms with van der Waals surface area (Å²) >= 11 is 0. The Labute approximate surface area is 232 Å². The van der Waals surface area contributed by atoms with Crippen LogP contribution >= 0.6 is 0 Å². The molecule has 0 spiro atoms. The number of hydrogen-bond acceptors (Lipinski definition) is 13. The maximum atomic E-state index is 13.1. The maximum Gasteiger partial charge on any atom is 0.337 e. The first kappa shape index (κ1) is 32.4. The Bertz CT molecular complexity index is 933. The lowest BCUT2D eigenvalue weighted by Crippen LogP contribution is -2.60. The highest BCUT2D eigenvalue weighted by Gasteiger charge is 2.47. The molecule has 0 aromatic heterocycles. The third-order valence-electron chi connectivity index (χ3n) is 8.40.